The number of aryl methyl sites for hydroxylation is 1. The molecule has 0 aliphatic heterocycles. The van der Waals surface area contributed by atoms with Crippen LogP contribution in [-0.2, 0) is 11.3 Å². The van der Waals surface area contributed by atoms with Crippen molar-refractivity contribution < 1.29 is 18.7 Å². The van der Waals surface area contributed by atoms with Gasteiger partial charge in [0.15, 0.2) is 5.82 Å². The number of carbonyl (C=O) groups is 1. The Hall–Kier alpha value is -3.65. The first kappa shape index (κ1) is 21.6. The van der Waals surface area contributed by atoms with Crippen LogP contribution in [0, 0.1) is 12.7 Å². The molecule has 4 rings (SSSR count). The average Bonchev–Trinajstić information content (AvgIpc) is 3.11. The Kier molecular flexibility index (Phi) is 6.23. The van der Waals surface area contributed by atoms with Gasteiger partial charge in [0, 0.05) is 11.9 Å². The molecule has 2 heterocycles. The first-order valence-corrected chi connectivity index (χ1v) is 10.3. The summed E-state index contributed by atoms with van der Waals surface area (Å²) in [5, 5.41) is 7.78. The van der Waals surface area contributed by atoms with E-state index in [9.17, 15) is 9.18 Å². The molecule has 0 saturated carbocycles. The van der Waals surface area contributed by atoms with E-state index in [-0.39, 0.29) is 19.0 Å². The zero-order valence-corrected chi connectivity index (χ0v) is 18.2. The number of aromatic nitrogens is 3. The lowest BCUT2D eigenvalue weighted by atomic mass is 10.2. The Bertz CT molecular complexity index is 1290. The number of fused-ring (bicyclic) bond motifs is 1. The van der Waals surface area contributed by atoms with Gasteiger partial charge in [0.05, 0.1) is 17.2 Å². The summed E-state index contributed by atoms with van der Waals surface area (Å²) >= 11 is 6.38. The molecule has 0 saturated heterocycles. The van der Waals surface area contributed by atoms with E-state index in [2.05, 4.69) is 15.4 Å². The maximum Gasteiger partial charge on any atom is 0.340 e. The van der Waals surface area contributed by atoms with Crippen molar-refractivity contribution in [2.75, 3.05) is 11.9 Å². The molecular formula is C23H20ClFN4O3. The van der Waals surface area contributed by atoms with E-state index in [1.165, 1.54) is 18.5 Å². The Morgan fingerprint density at radius 2 is 2.09 bits per heavy atom. The largest absolute Gasteiger partial charge is 0.487 e. The number of hydrogen-bond donors (Lipinski definition) is 1. The van der Waals surface area contributed by atoms with E-state index < -0.39 is 5.97 Å². The van der Waals surface area contributed by atoms with Gasteiger partial charge in [-0.2, -0.15) is 5.10 Å². The summed E-state index contributed by atoms with van der Waals surface area (Å²) in [7, 11) is 0. The fourth-order valence-electron chi connectivity index (χ4n) is 3.29. The van der Waals surface area contributed by atoms with E-state index >= 15 is 0 Å². The molecule has 0 unspecified atom stereocenters. The predicted molar refractivity (Wildman–Crippen MR) is 119 cm³/mol. The number of carbonyl (C=O) groups excluding carboxylic acids is 1. The lowest BCUT2D eigenvalue weighted by Crippen LogP contribution is -2.04. The minimum atomic E-state index is -0.413. The van der Waals surface area contributed by atoms with Crippen molar-refractivity contribution in [1.82, 2.24) is 14.6 Å². The maximum atomic E-state index is 13.3. The van der Waals surface area contributed by atoms with Gasteiger partial charge in [-0.05, 0) is 55.3 Å². The maximum absolute atomic E-state index is 13.3. The van der Waals surface area contributed by atoms with Crippen LogP contribution in [0.25, 0.3) is 5.52 Å². The second-order valence-electron chi connectivity index (χ2n) is 6.98. The third kappa shape index (κ3) is 4.50. The number of halogens is 2. The highest BCUT2D eigenvalue weighted by Crippen LogP contribution is 2.31. The van der Waals surface area contributed by atoms with Crippen molar-refractivity contribution in [2.45, 2.75) is 20.5 Å². The van der Waals surface area contributed by atoms with Crippen molar-refractivity contribution in [2.24, 2.45) is 0 Å². The summed E-state index contributed by atoms with van der Waals surface area (Å²) < 4.78 is 25.7. The fourth-order valence-corrected chi connectivity index (χ4v) is 3.52. The topological polar surface area (TPSA) is 77.8 Å². The van der Waals surface area contributed by atoms with Crippen LogP contribution in [-0.4, -0.2) is 27.2 Å². The molecule has 32 heavy (non-hydrogen) atoms. The molecule has 0 aliphatic rings. The number of rotatable bonds is 7. The molecule has 0 amide bonds. The first-order chi connectivity index (χ1) is 15.5. The Morgan fingerprint density at radius 3 is 2.84 bits per heavy atom. The molecule has 1 N–H and O–H groups in total. The fraction of sp³-hybridized carbons (Fsp3) is 0.174. The van der Waals surface area contributed by atoms with E-state index in [1.807, 2.05) is 6.92 Å². The Morgan fingerprint density at radius 1 is 1.25 bits per heavy atom. The van der Waals surface area contributed by atoms with Crippen LogP contribution in [0.15, 0.2) is 55.0 Å². The molecule has 7 nitrogen and oxygen atoms in total. The number of ether oxygens (including phenoxy) is 2. The normalized spacial score (nSPS) is 10.9. The first-order valence-electron chi connectivity index (χ1n) is 9.90. The molecular weight excluding hydrogens is 435 g/mol. The minimum absolute atomic E-state index is 0.191. The molecule has 2 aromatic heterocycles. The zero-order chi connectivity index (χ0) is 22.7. The molecule has 0 atom stereocenters. The van der Waals surface area contributed by atoms with Gasteiger partial charge in [0.2, 0.25) is 0 Å². The van der Waals surface area contributed by atoms with Crippen LogP contribution in [0.4, 0.5) is 15.9 Å². The zero-order valence-electron chi connectivity index (χ0n) is 17.4. The van der Waals surface area contributed by atoms with Gasteiger partial charge in [0.1, 0.15) is 30.0 Å². The summed E-state index contributed by atoms with van der Waals surface area (Å²) in [4.78, 5) is 16.5. The summed E-state index contributed by atoms with van der Waals surface area (Å²) in [6.45, 7) is 4.04. The Balaban J connectivity index is 1.55. The summed E-state index contributed by atoms with van der Waals surface area (Å²) in [5.41, 5.74) is 3.15. The van der Waals surface area contributed by atoms with Gasteiger partial charge in [-0.1, -0.05) is 23.7 Å². The number of benzene rings is 2. The van der Waals surface area contributed by atoms with E-state index in [0.717, 1.165) is 0 Å². The Labute approximate surface area is 188 Å². The van der Waals surface area contributed by atoms with Crippen molar-refractivity contribution in [3.63, 3.8) is 0 Å². The van der Waals surface area contributed by atoms with Crippen molar-refractivity contribution >= 4 is 34.6 Å². The summed E-state index contributed by atoms with van der Waals surface area (Å²) in [5.74, 6) is 0.249. The molecule has 9 heteroatoms. The third-order valence-corrected chi connectivity index (χ3v) is 5.10. The molecule has 0 bridgehead atoms. The molecule has 0 spiro atoms. The van der Waals surface area contributed by atoms with Crippen LogP contribution in [0.5, 0.6) is 5.75 Å². The second kappa shape index (κ2) is 9.23. The van der Waals surface area contributed by atoms with Crippen LogP contribution >= 0.6 is 11.6 Å². The summed E-state index contributed by atoms with van der Waals surface area (Å²) in [6, 6.07) is 11.4. The minimum Gasteiger partial charge on any atom is -0.487 e. The van der Waals surface area contributed by atoms with Gasteiger partial charge >= 0.3 is 5.97 Å². The monoisotopic (exact) mass is 454 g/mol. The molecule has 2 aromatic carbocycles. The van der Waals surface area contributed by atoms with Gasteiger partial charge in [0.25, 0.3) is 0 Å². The quantitative estimate of drug-likeness (QED) is 0.380. The smallest absolute Gasteiger partial charge is 0.340 e. The van der Waals surface area contributed by atoms with Crippen LogP contribution in [0.3, 0.4) is 0 Å². The van der Waals surface area contributed by atoms with Crippen molar-refractivity contribution in [3.05, 3.63) is 82.5 Å². The lowest BCUT2D eigenvalue weighted by Gasteiger charge is -2.12. The van der Waals surface area contributed by atoms with E-state index in [0.29, 0.717) is 44.5 Å². The van der Waals surface area contributed by atoms with Crippen LogP contribution in [0.2, 0.25) is 5.02 Å². The number of anilines is 2. The van der Waals surface area contributed by atoms with E-state index in [1.54, 1.807) is 48.0 Å². The average molecular weight is 455 g/mol. The van der Waals surface area contributed by atoms with Crippen molar-refractivity contribution in [1.29, 1.82) is 0 Å². The molecule has 164 valence electrons. The number of nitrogens with zero attached hydrogens (tertiary/aromatic N) is 3. The van der Waals surface area contributed by atoms with Gasteiger partial charge in [-0.25, -0.2) is 18.7 Å². The SMILES string of the molecule is CCOC(=O)c1cn2ncnc(Nc3ccc(OCc4cccc(F)c4)c(Cl)c3)c2c1C. The van der Waals surface area contributed by atoms with Gasteiger partial charge < -0.3 is 14.8 Å². The predicted octanol–water partition coefficient (Wildman–Crippen LogP) is 5.33. The lowest BCUT2D eigenvalue weighted by molar-refractivity contribution is 0.0525. The third-order valence-electron chi connectivity index (χ3n) is 4.80. The number of nitrogens with one attached hydrogen (secondary N) is 1. The van der Waals surface area contributed by atoms with Crippen molar-refractivity contribution in [3.8, 4) is 5.75 Å². The second-order valence-corrected chi connectivity index (χ2v) is 7.39. The molecule has 0 fully saturated rings. The highest BCUT2D eigenvalue weighted by Gasteiger charge is 2.19. The van der Waals surface area contributed by atoms with Crippen LogP contribution in [0.1, 0.15) is 28.4 Å². The van der Waals surface area contributed by atoms with Gasteiger partial charge in [-0.15, -0.1) is 0 Å². The number of esters is 1. The van der Waals surface area contributed by atoms with E-state index in [4.69, 9.17) is 21.1 Å². The highest BCUT2D eigenvalue weighted by molar-refractivity contribution is 6.32. The molecule has 0 radical (unpaired) electrons. The molecule has 4 aromatic rings. The standard InChI is InChI=1S/C23H20ClFN4O3/c1-3-31-23(30)18-11-29-21(14(18)2)22(26-13-27-29)28-17-7-8-20(19(24)10-17)32-12-15-5-4-6-16(25)9-15/h4-11,13H,3,12H2,1-2H3,(H,26,27,28). The van der Waals surface area contributed by atoms with Crippen LogP contribution < -0.4 is 10.1 Å². The summed E-state index contributed by atoms with van der Waals surface area (Å²) in [6.07, 6.45) is 3.01. The number of hydrogen-bond acceptors (Lipinski definition) is 6. The highest BCUT2D eigenvalue weighted by atomic mass is 35.5. The molecule has 0 aliphatic carbocycles. The van der Waals surface area contributed by atoms with Gasteiger partial charge in [-0.3, -0.25) is 0 Å².